The van der Waals surface area contributed by atoms with Crippen molar-refractivity contribution in [3.05, 3.63) is 87.7 Å². The molecule has 2 aromatic heterocycles. The molecular formula is C28H33N5O2. The van der Waals surface area contributed by atoms with Crippen LogP contribution in [0.25, 0.3) is 17.0 Å². The number of allylic oxidation sites excluding steroid dienone is 1. The van der Waals surface area contributed by atoms with Gasteiger partial charge in [0.05, 0.1) is 17.6 Å². The maximum absolute atomic E-state index is 13.0. The number of carbonyl (C=O) groups excluding carboxylic acids is 1. The fraction of sp³-hybridized carbons (Fsp3) is 0.357. The number of pyridine rings is 1. The number of nitrogens with zero attached hydrogens (tertiary/aromatic N) is 3. The van der Waals surface area contributed by atoms with E-state index in [0.717, 1.165) is 29.7 Å². The number of aromatic nitrogens is 3. The zero-order valence-electron chi connectivity index (χ0n) is 20.5. The number of hydrogen-bond acceptors (Lipinski definition) is 6. The number of benzene rings is 1. The normalized spacial score (nSPS) is 14.4. The van der Waals surface area contributed by atoms with Crippen LogP contribution in [0.15, 0.2) is 59.7 Å². The van der Waals surface area contributed by atoms with Crippen molar-refractivity contribution in [1.29, 1.82) is 0 Å². The van der Waals surface area contributed by atoms with Gasteiger partial charge in [0, 0.05) is 42.7 Å². The van der Waals surface area contributed by atoms with Gasteiger partial charge in [-0.05, 0) is 43.5 Å². The second-order valence-electron chi connectivity index (χ2n) is 9.27. The average molecular weight is 472 g/mol. The van der Waals surface area contributed by atoms with E-state index < -0.39 is 0 Å². The largest absolute Gasteiger partial charge is 0.398 e. The molecule has 0 unspecified atom stereocenters. The van der Waals surface area contributed by atoms with Gasteiger partial charge in [-0.2, -0.15) is 0 Å². The third kappa shape index (κ3) is 6.11. The lowest BCUT2D eigenvalue weighted by molar-refractivity contribution is 0.104. The Bertz CT molecular complexity index is 1270. The highest BCUT2D eigenvalue weighted by atomic mass is 16.1. The van der Waals surface area contributed by atoms with E-state index in [1.165, 1.54) is 31.8 Å². The van der Waals surface area contributed by atoms with Gasteiger partial charge in [-0.15, -0.1) is 0 Å². The highest BCUT2D eigenvalue weighted by Crippen LogP contribution is 2.28. The molecule has 0 atom stereocenters. The van der Waals surface area contributed by atoms with Crippen molar-refractivity contribution < 1.29 is 4.79 Å². The SMILES string of the molecule is CNCc1ccc(/C(N)=C/C(=O)c2nc(-c3ccc(=O)n(CCC4CCCC4)c3)cnc2C)cc1. The number of hydrogen-bond donors (Lipinski definition) is 2. The van der Waals surface area contributed by atoms with Gasteiger partial charge in [-0.3, -0.25) is 14.6 Å². The van der Waals surface area contributed by atoms with Gasteiger partial charge in [0.15, 0.2) is 0 Å². The first kappa shape index (κ1) is 24.5. The molecular weight excluding hydrogens is 438 g/mol. The predicted molar refractivity (Wildman–Crippen MR) is 139 cm³/mol. The van der Waals surface area contributed by atoms with Crippen molar-refractivity contribution in [2.24, 2.45) is 11.7 Å². The number of nitrogens with two attached hydrogens (primary N) is 1. The van der Waals surface area contributed by atoms with Gasteiger partial charge in [0.25, 0.3) is 5.56 Å². The molecule has 0 radical (unpaired) electrons. The Hall–Kier alpha value is -3.58. The summed E-state index contributed by atoms with van der Waals surface area (Å²) in [5, 5.41) is 3.10. The molecule has 3 aromatic rings. The Morgan fingerprint density at radius 3 is 2.63 bits per heavy atom. The van der Waals surface area contributed by atoms with Crippen LogP contribution in [0.1, 0.15) is 59.4 Å². The van der Waals surface area contributed by atoms with Crippen molar-refractivity contribution in [3.8, 4) is 11.3 Å². The minimum atomic E-state index is -0.303. The molecule has 0 aliphatic heterocycles. The molecule has 7 heteroatoms. The Morgan fingerprint density at radius 2 is 1.91 bits per heavy atom. The van der Waals surface area contributed by atoms with Crippen molar-refractivity contribution in [3.63, 3.8) is 0 Å². The summed E-state index contributed by atoms with van der Waals surface area (Å²) in [6.45, 7) is 3.20. The van der Waals surface area contributed by atoms with Crippen LogP contribution < -0.4 is 16.6 Å². The van der Waals surface area contributed by atoms with E-state index in [2.05, 4.69) is 15.3 Å². The molecule has 35 heavy (non-hydrogen) atoms. The van der Waals surface area contributed by atoms with Crippen molar-refractivity contribution in [1.82, 2.24) is 19.9 Å². The minimum absolute atomic E-state index is 0.0282. The van der Waals surface area contributed by atoms with E-state index >= 15 is 0 Å². The summed E-state index contributed by atoms with van der Waals surface area (Å²) in [5.41, 5.74) is 10.6. The molecule has 2 heterocycles. The number of ketones is 1. The summed E-state index contributed by atoms with van der Waals surface area (Å²) in [4.78, 5) is 34.4. The van der Waals surface area contributed by atoms with Gasteiger partial charge >= 0.3 is 0 Å². The van der Waals surface area contributed by atoms with Gasteiger partial charge < -0.3 is 15.6 Å². The fourth-order valence-corrected chi connectivity index (χ4v) is 4.61. The molecule has 0 bridgehead atoms. The Kier molecular flexibility index (Phi) is 7.87. The second kappa shape index (κ2) is 11.2. The minimum Gasteiger partial charge on any atom is -0.398 e. The van der Waals surface area contributed by atoms with E-state index in [9.17, 15) is 9.59 Å². The quantitative estimate of drug-likeness (QED) is 0.360. The lowest BCUT2D eigenvalue weighted by Crippen LogP contribution is -2.20. The molecule has 1 aromatic carbocycles. The molecule has 3 N–H and O–H groups in total. The molecule has 4 rings (SSSR count). The van der Waals surface area contributed by atoms with Crippen LogP contribution in [0.5, 0.6) is 0 Å². The van der Waals surface area contributed by atoms with E-state index in [0.29, 0.717) is 29.5 Å². The van der Waals surface area contributed by atoms with Crippen LogP contribution in [-0.2, 0) is 13.1 Å². The monoisotopic (exact) mass is 471 g/mol. The average Bonchev–Trinajstić information content (AvgIpc) is 3.38. The molecule has 1 saturated carbocycles. The number of carbonyl (C=O) groups is 1. The second-order valence-corrected chi connectivity index (χ2v) is 9.27. The molecule has 1 aliphatic carbocycles. The fourth-order valence-electron chi connectivity index (χ4n) is 4.61. The third-order valence-electron chi connectivity index (χ3n) is 6.68. The standard InChI is InChI=1S/C28H33N5O2/c1-19-28(26(34)15-24(29)22-9-7-21(8-10-22)16-30-2)32-25(17-31-19)23-11-12-27(35)33(18-23)14-13-20-5-3-4-6-20/h7-12,15,17-18,20,30H,3-6,13-14,16,29H2,1-2H3/b24-15-. The van der Waals surface area contributed by atoms with Crippen LogP contribution in [0.3, 0.4) is 0 Å². The smallest absolute Gasteiger partial charge is 0.250 e. The first-order valence-corrected chi connectivity index (χ1v) is 12.2. The maximum atomic E-state index is 13.0. The van der Waals surface area contributed by atoms with E-state index in [4.69, 9.17) is 5.73 Å². The third-order valence-corrected chi connectivity index (χ3v) is 6.68. The summed E-state index contributed by atoms with van der Waals surface area (Å²) in [6, 6.07) is 11.0. The summed E-state index contributed by atoms with van der Waals surface area (Å²) < 4.78 is 1.74. The molecule has 182 valence electrons. The molecule has 0 amide bonds. The topological polar surface area (TPSA) is 103 Å². The zero-order valence-corrected chi connectivity index (χ0v) is 20.5. The molecule has 1 aliphatic rings. The number of rotatable bonds is 9. The van der Waals surface area contributed by atoms with Gasteiger partial charge in [0.1, 0.15) is 5.69 Å². The number of nitrogens with one attached hydrogen (secondary N) is 1. The first-order chi connectivity index (χ1) is 16.9. The first-order valence-electron chi connectivity index (χ1n) is 12.2. The Morgan fingerprint density at radius 1 is 1.17 bits per heavy atom. The van der Waals surface area contributed by atoms with Gasteiger partial charge in [-0.1, -0.05) is 49.9 Å². The van der Waals surface area contributed by atoms with Gasteiger partial charge in [-0.25, -0.2) is 4.98 Å². The van der Waals surface area contributed by atoms with Crippen LogP contribution in [0, 0.1) is 12.8 Å². The van der Waals surface area contributed by atoms with Crippen LogP contribution in [0.4, 0.5) is 0 Å². The lowest BCUT2D eigenvalue weighted by Gasteiger charge is -2.12. The predicted octanol–water partition coefficient (Wildman–Crippen LogP) is 4.10. The van der Waals surface area contributed by atoms with E-state index in [-0.39, 0.29) is 17.0 Å². The Labute approximate surface area is 206 Å². The van der Waals surface area contributed by atoms with E-state index in [1.807, 2.05) is 37.5 Å². The lowest BCUT2D eigenvalue weighted by atomic mass is 10.0. The summed E-state index contributed by atoms with van der Waals surface area (Å²) in [7, 11) is 1.89. The highest BCUT2D eigenvalue weighted by Gasteiger charge is 2.16. The highest BCUT2D eigenvalue weighted by molar-refractivity contribution is 6.07. The molecule has 7 nitrogen and oxygen atoms in total. The maximum Gasteiger partial charge on any atom is 0.250 e. The molecule has 1 fully saturated rings. The summed E-state index contributed by atoms with van der Waals surface area (Å²) in [5.74, 6) is 0.397. The zero-order chi connectivity index (χ0) is 24.8. The van der Waals surface area contributed by atoms with E-state index in [1.54, 1.807) is 29.8 Å². The number of aryl methyl sites for hydroxylation is 2. The van der Waals surface area contributed by atoms with Gasteiger partial charge in [0.2, 0.25) is 5.78 Å². The Balaban J connectivity index is 1.55. The van der Waals surface area contributed by atoms with Crippen LogP contribution in [0.2, 0.25) is 0 Å². The molecule has 0 spiro atoms. The van der Waals surface area contributed by atoms with Crippen molar-refractivity contribution >= 4 is 11.5 Å². The molecule has 0 saturated heterocycles. The van der Waals surface area contributed by atoms with Crippen LogP contribution >= 0.6 is 0 Å². The summed E-state index contributed by atoms with van der Waals surface area (Å²) >= 11 is 0. The van der Waals surface area contributed by atoms with Crippen molar-refractivity contribution in [2.75, 3.05) is 7.05 Å². The van der Waals surface area contributed by atoms with Crippen molar-refractivity contribution in [2.45, 2.75) is 52.1 Å². The van der Waals surface area contributed by atoms with Crippen LogP contribution in [-0.4, -0.2) is 27.4 Å². The summed E-state index contributed by atoms with van der Waals surface area (Å²) in [6.07, 6.45) is 10.9.